The van der Waals surface area contributed by atoms with Gasteiger partial charge in [0.05, 0.1) is 17.7 Å². The molecule has 3 heterocycles. The number of likely N-dealkylation sites (tertiary alicyclic amines) is 1. The van der Waals surface area contributed by atoms with Crippen LogP contribution in [0.15, 0.2) is 18.2 Å². The summed E-state index contributed by atoms with van der Waals surface area (Å²) >= 11 is 0. The Bertz CT molecular complexity index is 1170. The lowest BCUT2D eigenvalue weighted by Gasteiger charge is -2.19. The molecule has 9 heteroatoms. The van der Waals surface area contributed by atoms with Gasteiger partial charge in [-0.25, -0.2) is 4.39 Å². The van der Waals surface area contributed by atoms with Crippen LogP contribution >= 0.6 is 0 Å². The predicted molar refractivity (Wildman–Crippen MR) is 124 cm³/mol. The summed E-state index contributed by atoms with van der Waals surface area (Å²) in [5, 5.41) is 5.77. The van der Waals surface area contributed by atoms with Crippen molar-refractivity contribution in [3.63, 3.8) is 0 Å². The second-order valence-electron chi connectivity index (χ2n) is 8.90. The molecule has 0 spiro atoms. The second-order valence-corrected chi connectivity index (χ2v) is 8.90. The third-order valence-corrected chi connectivity index (χ3v) is 6.08. The van der Waals surface area contributed by atoms with Gasteiger partial charge >= 0.3 is 0 Å². The third kappa shape index (κ3) is 4.54. The maximum absolute atomic E-state index is 13.7. The fourth-order valence-electron chi connectivity index (χ4n) is 4.44. The fourth-order valence-corrected chi connectivity index (χ4v) is 4.44. The molecule has 1 unspecified atom stereocenters. The van der Waals surface area contributed by atoms with Crippen molar-refractivity contribution in [3.05, 3.63) is 52.1 Å². The van der Waals surface area contributed by atoms with E-state index in [1.807, 2.05) is 25.9 Å². The molecule has 1 saturated heterocycles. The van der Waals surface area contributed by atoms with Crippen LogP contribution in [0.2, 0.25) is 0 Å². The molecule has 174 valence electrons. The molecule has 1 fully saturated rings. The molecule has 0 aliphatic carbocycles. The van der Waals surface area contributed by atoms with E-state index in [4.69, 9.17) is 0 Å². The molecule has 3 amide bonds. The van der Waals surface area contributed by atoms with Crippen molar-refractivity contribution in [2.75, 3.05) is 39.0 Å². The van der Waals surface area contributed by atoms with E-state index in [-0.39, 0.29) is 23.8 Å². The molecule has 2 aromatic rings. The zero-order chi connectivity index (χ0) is 23.9. The first-order chi connectivity index (χ1) is 15.6. The quantitative estimate of drug-likeness (QED) is 0.605. The Kier molecular flexibility index (Phi) is 6.07. The van der Waals surface area contributed by atoms with Crippen LogP contribution in [0.3, 0.4) is 0 Å². The van der Waals surface area contributed by atoms with Crippen LogP contribution in [-0.2, 0) is 9.59 Å². The topological polar surface area (TPSA) is 97.5 Å². The van der Waals surface area contributed by atoms with E-state index < -0.39 is 5.82 Å². The molecule has 4 rings (SSSR count). The Hall–Kier alpha value is -3.46. The van der Waals surface area contributed by atoms with Crippen molar-refractivity contribution >= 4 is 35.1 Å². The maximum atomic E-state index is 13.7. The number of halogens is 1. The van der Waals surface area contributed by atoms with Gasteiger partial charge in [0.15, 0.2) is 0 Å². The highest BCUT2D eigenvalue weighted by Gasteiger charge is 2.30. The molecule has 3 N–H and O–H groups in total. The number of likely N-dealkylation sites (N-methyl/N-ethyl adjacent to an activating group) is 1. The molecule has 0 bridgehead atoms. The van der Waals surface area contributed by atoms with E-state index in [0.29, 0.717) is 65.4 Å². The Morgan fingerprint density at radius 1 is 1.30 bits per heavy atom. The van der Waals surface area contributed by atoms with Crippen molar-refractivity contribution in [1.29, 1.82) is 0 Å². The van der Waals surface area contributed by atoms with Crippen molar-refractivity contribution in [2.24, 2.45) is 0 Å². The van der Waals surface area contributed by atoms with Gasteiger partial charge in [0, 0.05) is 41.8 Å². The second kappa shape index (κ2) is 8.82. The third-order valence-electron chi connectivity index (χ3n) is 6.08. The number of hydrogen-bond acceptors (Lipinski definition) is 4. The first-order valence-corrected chi connectivity index (χ1v) is 10.9. The van der Waals surface area contributed by atoms with E-state index >= 15 is 0 Å². The first-order valence-electron chi connectivity index (χ1n) is 10.9. The largest absolute Gasteiger partial charge is 0.358 e. The molecule has 0 radical (unpaired) electrons. The minimum absolute atomic E-state index is 0.0474. The number of aromatic amines is 1. The molecule has 8 nitrogen and oxygen atoms in total. The number of nitrogens with one attached hydrogen (secondary N) is 3. The number of hydrogen-bond donors (Lipinski definition) is 3. The lowest BCUT2D eigenvalue weighted by atomic mass is 10.0. The summed E-state index contributed by atoms with van der Waals surface area (Å²) in [6.07, 6.45) is 2.35. The van der Waals surface area contributed by atoms with Crippen LogP contribution in [0.5, 0.6) is 0 Å². The number of aromatic nitrogens is 1. The average Bonchev–Trinajstić information content (AvgIpc) is 3.39. The Balaban J connectivity index is 1.51. The highest BCUT2D eigenvalue weighted by molar-refractivity contribution is 6.34. The molecule has 1 aromatic carbocycles. The zero-order valence-corrected chi connectivity index (χ0v) is 19.2. The average molecular weight is 454 g/mol. The Morgan fingerprint density at radius 2 is 2.06 bits per heavy atom. The van der Waals surface area contributed by atoms with Crippen LogP contribution < -0.4 is 10.6 Å². The van der Waals surface area contributed by atoms with Gasteiger partial charge in [-0.2, -0.15) is 0 Å². The minimum atomic E-state index is -0.426. The standard InChI is InChI=1S/C24H28FN5O3/c1-13-20(10-18-17-9-15(25)5-6-19(17)28-23(18)32)26-14(2)22(13)24(33)27-16-7-8-30(11-16)21(31)12-29(3)4/h5-6,9-10,16,26H,7-8,11-12H2,1-4H3,(H,27,33)(H,28,32)/b18-10-. The summed E-state index contributed by atoms with van der Waals surface area (Å²) in [5.74, 6) is -0.918. The highest BCUT2D eigenvalue weighted by atomic mass is 19.1. The Morgan fingerprint density at radius 3 is 2.79 bits per heavy atom. The normalized spacial score (nSPS) is 18.7. The van der Waals surface area contributed by atoms with Crippen LogP contribution in [0, 0.1) is 19.7 Å². The van der Waals surface area contributed by atoms with E-state index in [1.165, 1.54) is 18.2 Å². The number of fused-ring (bicyclic) bond motifs is 1. The zero-order valence-electron chi connectivity index (χ0n) is 19.2. The number of amides is 3. The van der Waals surface area contributed by atoms with Gasteiger partial charge < -0.3 is 25.4 Å². The summed E-state index contributed by atoms with van der Waals surface area (Å²) in [6, 6.07) is 4.03. The number of H-pyrrole nitrogens is 1. The SMILES string of the molecule is Cc1[nH]c(/C=C2\C(=O)Nc3ccc(F)cc32)c(C)c1C(=O)NC1CCN(C(=O)CN(C)C)C1. The number of carbonyl (C=O) groups is 3. The van der Waals surface area contributed by atoms with Crippen LogP contribution in [0.25, 0.3) is 11.6 Å². The summed E-state index contributed by atoms with van der Waals surface area (Å²) in [6.45, 7) is 5.06. The molecular weight excluding hydrogens is 425 g/mol. The molecule has 0 saturated carbocycles. The van der Waals surface area contributed by atoms with Gasteiger partial charge in [-0.05, 0) is 64.2 Å². The van der Waals surface area contributed by atoms with Crippen LogP contribution in [0.1, 0.15) is 39.3 Å². The van der Waals surface area contributed by atoms with E-state index in [0.717, 1.165) is 0 Å². The van der Waals surface area contributed by atoms with Crippen LogP contribution in [-0.4, -0.2) is 72.3 Å². The molecular formula is C24H28FN5O3. The summed E-state index contributed by atoms with van der Waals surface area (Å²) in [5.41, 5.74) is 3.90. The van der Waals surface area contributed by atoms with Gasteiger partial charge in [0.1, 0.15) is 5.82 Å². The van der Waals surface area contributed by atoms with Crippen LogP contribution in [0.4, 0.5) is 10.1 Å². The van der Waals surface area contributed by atoms with Crippen molar-refractivity contribution in [2.45, 2.75) is 26.3 Å². The smallest absolute Gasteiger partial charge is 0.256 e. The molecule has 1 aromatic heterocycles. The van der Waals surface area contributed by atoms with Crippen molar-refractivity contribution in [1.82, 2.24) is 20.1 Å². The van der Waals surface area contributed by atoms with E-state index in [1.54, 1.807) is 17.9 Å². The first kappa shape index (κ1) is 22.7. The number of anilines is 1. The lowest BCUT2D eigenvalue weighted by Crippen LogP contribution is -2.41. The predicted octanol–water partition coefficient (Wildman–Crippen LogP) is 2.16. The van der Waals surface area contributed by atoms with E-state index in [9.17, 15) is 18.8 Å². The van der Waals surface area contributed by atoms with E-state index in [2.05, 4.69) is 15.6 Å². The lowest BCUT2D eigenvalue weighted by molar-refractivity contribution is -0.130. The molecule has 33 heavy (non-hydrogen) atoms. The number of benzene rings is 1. The number of carbonyl (C=O) groups excluding carboxylic acids is 3. The summed E-state index contributed by atoms with van der Waals surface area (Å²) in [7, 11) is 3.70. The van der Waals surface area contributed by atoms with Crippen molar-refractivity contribution < 1.29 is 18.8 Å². The van der Waals surface area contributed by atoms with Gasteiger partial charge in [-0.15, -0.1) is 0 Å². The molecule has 2 aliphatic rings. The van der Waals surface area contributed by atoms with Gasteiger partial charge in [0.2, 0.25) is 5.91 Å². The summed E-state index contributed by atoms with van der Waals surface area (Å²) in [4.78, 5) is 44.5. The maximum Gasteiger partial charge on any atom is 0.256 e. The fraction of sp³-hybridized carbons (Fsp3) is 0.375. The minimum Gasteiger partial charge on any atom is -0.358 e. The molecule has 2 aliphatic heterocycles. The van der Waals surface area contributed by atoms with Crippen molar-refractivity contribution in [3.8, 4) is 0 Å². The van der Waals surface area contributed by atoms with Gasteiger partial charge in [-0.1, -0.05) is 0 Å². The highest BCUT2D eigenvalue weighted by Crippen LogP contribution is 2.34. The number of nitrogens with zero attached hydrogens (tertiary/aromatic N) is 2. The molecule has 1 atom stereocenters. The summed E-state index contributed by atoms with van der Waals surface area (Å²) < 4.78 is 13.7. The monoisotopic (exact) mass is 453 g/mol. The number of rotatable bonds is 5. The van der Waals surface area contributed by atoms with Gasteiger partial charge in [0.25, 0.3) is 11.8 Å². The van der Waals surface area contributed by atoms with Gasteiger partial charge in [-0.3, -0.25) is 14.4 Å². The Labute approximate surface area is 191 Å². The number of aryl methyl sites for hydroxylation is 1.